The molecule has 34 heavy (non-hydrogen) atoms. The van der Waals surface area contributed by atoms with Crippen LogP contribution in [-0.2, 0) is 14.3 Å². The molecule has 0 radical (unpaired) electrons. The van der Waals surface area contributed by atoms with Crippen LogP contribution >= 0.6 is 0 Å². The van der Waals surface area contributed by atoms with E-state index >= 15 is 0 Å². The highest BCUT2D eigenvalue weighted by Gasteiger charge is 2.31. The molecule has 182 valence electrons. The smallest absolute Gasteiger partial charge is 0.407 e. The summed E-state index contributed by atoms with van der Waals surface area (Å²) < 4.78 is 5.59. The molecule has 0 saturated heterocycles. The Bertz CT molecular complexity index is 991. The lowest BCUT2D eigenvalue weighted by atomic mass is 9.98. The van der Waals surface area contributed by atoms with Gasteiger partial charge in [0.15, 0.2) is 0 Å². The molecule has 2 amide bonds. The first kappa shape index (κ1) is 25.2. The molecule has 0 aromatic heterocycles. The lowest BCUT2D eigenvalue weighted by Crippen LogP contribution is -2.54. The summed E-state index contributed by atoms with van der Waals surface area (Å²) in [5.41, 5.74) is 4.46. The number of amides is 2. The average Bonchev–Trinajstić information content (AvgIpc) is 3.09. The molecule has 0 heterocycles. The minimum atomic E-state index is -1.10. The Kier molecular flexibility index (Phi) is 8.28. The number of ether oxygens (including phenoxy) is 1. The summed E-state index contributed by atoms with van der Waals surface area (Å²) in [7, 11) is 3.56. The number of nitrogens with zero attached hydrogens (tertiary/aromatic N) is 2. The van der Waals surface area contributed by atoms with Gasteiger partial charge in [-0.1, -0.05) is 62.4 Å². The largest absolute Gasteiger partial charge is 0.480 e. The number of carboxylic acids is 1. The second kappa shape index (κ2) is 11.2. The number of carbonyl (C=O) groups is 3. The number of fused-ring (bicyclic) bond motifs is 3. The molecule has 0 spiro atoms. The molecule has 2 aromatic rings. The van der Waals surface area contributed by atoms with Gasteiger partial charge in [-0.15, -0.1) is 0 Å². The second-order valence-electron chi connectivity index (χ2n) is 9.29. The third kappa shape index (κ3) is 6.14. The van der Waals surface area contributed by atoms with Crippen molar-refractivity contribution in [2.75, 3.05) is 40.3 Å². The molecule has 1 aliphatic carbocycles. The molecule has 0 fully saturated rings. The van der Waals surface area contributed by atoms with Crippen LogP contribution in [-0.4, -0.2) is 79.3 Å². The van der Waals surface area contributed by atoms with Gasteiger partial charge < -0.3 is 25.0 Å². The fourth-order valence-corrected chi connectivity index (χ4v) is 4.39. The van der Waals surface area contributed by atoms with Crippen molar-refractivity contribution < 1.29 is 24.2 Å². The number of nitrogens with one attached hydrogen (secondary N) is 1. The molecule has 0 saturated carbocycles. The summed E-state index contributed by atoms with van der Waals surface area (Å²) in [6, 6.07) is 15.2. The first-order valence-electron chi connectivity index (χ1n) is 11.4. The molecule has 8 heteroatoms. The third-order valence-electron chi connectivity index (χ3n) is 5.70. The zero-order valence-electron chi connectivity index (χ0n) is 20.2. The van der Waals surface area contributed by atoms with Crippen LogP contribution < -0.4 is 5.32 Å². The number of hydrogen-bond donors (Lipinski definition) is 2. The van der Waals surface area contributed by atoms with Crippen molar-refractivity contribution in [2.45, 2.75) is 25.8 Å². The van der Waals surface area contributed by atoms with Gasteiger partial charge in [-0.2, -0.15) is 0 Å². The molecule has 1 atom stereocenters. The molecule has 1 unspecified atom stereocenters. The topological polar surface area (TPSA) is 99.2 Å². The van der Waals surface area contributed by atoms with E-state index in [0.29, 0.717) is 0 Å². The van der Waals surface area contributed by atoms with Crippen LogP contribution in [0.1, 0.15) is 30.9 Å². The number of aliphatic carboxylic acids is 1. The lowest BCUT2D eigenvalue weighted by Gasteiger charge is -2.29. The van der Waals surface area contributed by atoms with Crippen LogP contribution in [0.5, 0.6) is 0 Å². The van der Waals surface area contributed by atoms with E-state index in [1.54, 1.807) is 19.0 Å². The van der Waals surface area contributed by atoms with Crippen LogP contribution in [0.4, 0.5) is 4.79 Å². The van der Waals surface area contributed by atoms with Gasteiger partial charge in [0.1, 0.15) is 19.2 Å². The summed E-state index contributed by atoms with van der Waals surface area (Å²) in [5, 5.41) is 11.9. The predicted molar refractivity (Wildman–Crippen MR) is 130 cm³/mol. The molecular weight excluding hydrogens is 434 g/mol. The Labute approximate surface area is 200 Å². The van der Waals surface area contributed by atoms with Crippen molar-refractivity contribution in [3.63, 3.8) is 0 Å². The van der Waals surface area contributed by atoms with Crippen LogP contribution in [0, 0.1) is 5.92 Å². The summed E-state index contributed by atoms with van der Waals surface area (Å²) in [6.45, 7) is 4.02. The fourth-order valence-electron chi connectivity index (χ4n) is 4.39. The molecule has 3 rings (SSSR count). The lowest BCUT2D eigenvalue weighted by molar-refractivity contribution is -0.145. The highest BCUT2D eigenvalue weighted by Crippen LogP contribution is 2.44. The number of alkyl carbamates (subject to hydrolysis) is 1. The monoisotopic (exact) mass is 467 g/mol. The molecule has 0 bridgehead atoms. The number of likely N-dealkylation sites (N-methyl/N-ethyl adjacent to an activating group) is 1. The Morgan fingerprint density at radius 2 is 1.53 bits per heavy atom. The van der Waals surface area contributed by atoms with Crippen molar-refractivity contribution in [2.24, 2.45) is 5.92 Å². The van der Waals surface area contributed by atoms with Crippen molar-refractivity contribution in [1.29, 1.82) is 0 Å². The average molecular weight is 468 g/mol. The summed E-state index contributed by atoms with van der Waals surface area (Å²) >= 11 is 0. The molecule has 1 aliphatic rings. The molecule has 8 nitrogen and oxygen atoms in total. The van der Waals surface area contributed by atoms with Gasteiger partial charge in [-0.05, 0) is 42.3 Å². The van der Waals surface area contributed by atoms with E-state index in [1.165, 1.54) is 4.90 Å². The van der Waals surface area contributed by atoms with Crippen LogP contribution in [0.2, 0.25) is 0 Å². The maximum Gasteiger partial charge on any atom is 0.407 e. The van der Waals surface area contributed by atoms with Gasteiger partial charge in [0, 0.05) is 19.0 Å². The van der Waals surface area contributed by atoms with Crippen molar-refractivity contribution >= 4 is 18.0 Å². The number of carbonyl (C=O) groups excluding carboxylic acids is 2. The number of benzene rings is 2. The number of carboxylic acid groups (broad SMARTS) is 1. The standard InChI is InChI=1S/C26H33N3O5/c1-17(2)13-29(15-24(30)31)25(32)23(14-28(3)4)27-26(33)34-16-22-20-11-7-5-9-18(20)19-10-6-8-12-21(19)22/h5-12,17,22-23H,13-16H2,1-4H3,(H,27,33)(H,30,31). The van der Waals surface area contributed by atoms with E-state index in [9.17, 15) is 19.5 Å². The van der Waals surface area contributed by atoms with Crippen molar-refractivity contribution in [3.05, 3.63) is 59.7 Å². The number of hydrogen-bond acceptors (Lipinski definition) is 5. The predicted octanol–water partition coefficient (Wildman–Crippen LogP) is 3.02. The van der Waals surface area contributed by atoms with Crippen LogP contribution in [0.15, 0.2) is 48.5 Å². The Morgan fingerprint density at radius 3 is 2.03 bits per heavy atom. The van der Waals surface area contributed by atoms with E-state index in [2.05, 4.69) is 17.4 Å². The van der Waals surface area contributed by atoms with E-state index in [0.717, 1.165) is 22.3 Å². The summed E-state index contributed by atoms with van der Waals surface area (Å²) in [6.07, 6.45) is -0.707. The Hall–Kier alpha value is -3.39. The van der Waals surface area contributed by atoms with Gasteiger partial charge in [0.05, 0.1) is 0 Å². The SMILES string of the molecule is CC(C)CN(CC(=O)O)C(=O)C(CN(C)C)NC(=O)OCC1c2ccccc2-c2ccccc21. The molecule has 0 aliphatic heterocycles. The second-order valence-corrected chi connectivity index (χ2v) is 9.29. The zero-order chi connectivity index (χ0) is 24.8. The van der Waals surface area contributed by atoms with E-state index in [1.807, 2.05) is 50.2 Å². The van der Waals surface area contributed by atoms with Gasteiger partial charge in [0.25, 0.3) is 0 Å². The Balaban J connectivity index is 1.71. The minimum absolute atomic E-state index is 0.0813. The highest BCUT2D eigenvalue weighted by atomic mass is 16.5. The van der Waals surface area contributed by atoms with Crippen LogP contribution in [0.3, 0.4) is 0 Å². The van der Waals surface area contributed by atoms with Crippen molar-refractivity contribution in [1.82, 2.24) is 15.1 Å². The first-order chi connectivity index (χ1) is 16.2. The Morgan fingerprint density at radius 1 is 0.971 bits per heavy atom. The normalized spacial score (nSPS) is 13.4. The first-order valence-corrected chi connectivity index (χ1v) is 11.4. The summed E-state index contributed by atoms with van der Waals surface area (Å²) in [5.74, 6) is -1.56. The quantitative estimate of drug-likeness (QED) is 0.557. The zero-order valence-corrected chi connectivity index (χ0v) is 20.2. The maximum absolute atomic E-state index is 13.1. The third-order valence-corrected chi connectivity index (χ3v) is 5.70. The van der Waals surface area contributed by atoms with Gasteiger partial charge in [-0.25, -0.2) is 4.79 Å². The summed E-state index contributed by atoms with van der Waals surface area (Å²) in [4.78, 5) is 40.2. The van der Waals surface area contributed by atoms with Gasteiger partial charge in [0.2, 0.25) is 5.91 Å². The molecular formula is C26H33N3O5. The maximum atomic E-state index is 13.1. The van der Waals surface area contributed by atoms with Gasteiger partial charge >= 0.3 is 12.1 Å². The molecule has 2 aromatic carbocycles. The molecule has 2 N–H and O–H groups in total. The fraction of sp³-hybridized carbons (Fsp3) is 0.423. The van der Waals surface area contributed by atoms with Gasteiger partial charge in [-0.3, -0.25) is 9.59 Å². The minimum Gasteiger partial charge on any atom is -0.480 e. The van der Waals surface area contributed by atoms with Crippen molar-refractivity contribution in [3.8, 4) is 11.1 Å². The van der Waals surface area contributed by atoms with Crippen LogP contribution in [0.25, 0.3) is 11.1 Å². The van der Waals surface area contributed by atoms with E-state index < -0.39 is 30.6 Å². The van der Waals surface area contributed by atoms with E-state index in [-0.39, 0.29) is 31.5 Å². The highest BCUT2D eigenvalue weighted by molar-refractivity contribution is 5.88. The number of rotatable bonds is 10. The van der Waals surface area contributed by atoms with E-state index in [4.69, 9.17) is 4.74 Å².